The number of fused-ring (bicyclic) bond motifs is 1. The fourth-order valence-electron chi connectivity index (χ4n) is 3.72. The van der Waals surface area contributed by atoms with E-state index in [1.807, 2.05) is 19.1 Å². The second-order valence-corrected chi connectivity index (χ2v) is 7.33. The Bertz CT molecular complexity index is 911. The van der Waals surface area contributed by atoms with Crippen molar-refractivity contribution in [2.24, 2.45) is 0 Å². The smallest absolute Gasteiger partial charge is 0.161 e. The maximum Gasteiger partial charge on any atom is 0.161 e. The van der Waals surface area contributed by atoms with Gasteiger partial charge < -0.3 is 19.7 Å². The number of rotatable bonds is 6. The topological polar surface area (TPSA) is 62.4 Å². The van der Waals surface area contributed by atoms with Gasteiger partial charge in [-0.15, -0.1) is 0 Å². The number of hydrogen-bond acceptors (Lipinski definition) is 5. The van der Waals surface area contributed by atoms with Gasteiger partial charge in [0, 0.05) is 24.7 Å². The molecule has 1 saturated carbocycles. The van der Waals surface area contributed by atoms with E-state index in [4.69, 9.17) is 9.47 Å². The minimum absolute atomic E-state index is 0.0363. The van der Waals surface area contributed by atoms with Crippen molar-refractivity contribution in [1.29, 1.82) is 0 Å². The molecule has 0 saturated heterocycles. The number of nitrogens with one attached hydrogen (secondary N) is 2. The van der Waals surface area contributed by atoms with Crippen LogP contribution >= 0.6 is 0 Å². The molecule has 27 heavy (non-hydrogen) atoms. The molecule has 1 unspecified atom stereocenters. The Morgan fingerprint density at radius 1 is 1.22 bits per heavy atom. The van der Waals surface area contributed by atoms with Crippen molar-refractivity contribution in [3.63, 3.8) is 0 Å². The van der Waals surface area contributed by atoms with Crippen LogP contribution < -0.4 is 14.8 Å². The first-order valence-corrected chi connectivity index (χ1v) is 9.20. The van der Waals surface area contributed by atoms with E-state index in [1.165, 1.54) is 18.5 Å². The van der Waals surface area contributed by atoms with Crippen molar-refractivity contribution in [2.45, 2.75) is 31.7 Å². The molecule has 1 aliphatic heterocycles. The van der Waals surface area contributed by atoms with Gasteiger partial charge in [0.05, 0.1) is 20.3 Å². The summed E-state index contributed by atoms with van der Waals surface area (Å²) >= 11 is 0. The van der Waals surface area contributed by atoms with Crippen molar-refractivity contribution >= 4 is 11.9 Å². The van der Waals surface area contributed by atoms with E-state index in [0.717, 1.165) is 34.1 Å². The van der Waals surface area contributed by atoms with E-state index in [-0.39, 0.29) is 6.04 Å². The van der Waals surface area contributed by atoms with E-state index in [9.17, 15) is 0 Å². The second kappa shape index (κ2) is 6.68. The van der Waals surface area contributed by atoms with Crippen LogP contribution in [0.25, 0.3) is 6.08 Å². The average Bonchev–Trinajstić information content (AvgIpc) is 3.40. The Hall–Kier alpha value is -2.89. The van der Waals surface area contributed by atoms with E-state index in [0.29, 0.717) is 11.7 Å². The quantitative estimate of drug-likeness (QED) is 0.747. The Morgan fingerprint density at radius 3 is 2.56 bits per heavy atom. The van der Waals surface area contributed by atoms with E-state index in [2.05, 4.69) is 46.2 Å². The Labute approximate surface area is 159 Å². The van der Waals surface area contributed by atoms with Crippen LogP contribution in [-0.2, 0) is 0 Å². The molecule has 6 nitrogen and oxygen atoms in total. The third kappa shape index (κ3) is 3.16. The summed E-state index contributed by atoms with van der Waals surface area (Å²) in [4.78, 5) is 2.18. The molecule has 2 N–H and O–H groups in total. The number of aromatic nitrogens is 2. The zero-order valence-corrected chi connectivity index (χ0v) is 16.3. The molecule has 0 spiro atoms. The number of H-pyrrole nitrogens is 1. The molecule has 1 aromatic heterocycles. The number of methoxy groups -OCH3 is 2. The van der Waals surface area contributed by atoms with Gasteiger partial charge in [0.25, 0.3) is 0 Å². The summed E-state index contributed by atoms with van der Waals surface area (Å²) in [5.41, 5.74) is 4.49. The van der Waals surface area contributed by atoms with Crippen molar-refractivity contribution in [2.75, 3.05) is 26.6 Å². The summed E-state index contributed by atoms with van der Waals surface area (Å²) in [7, 11) is 5.37. The average molecular weight is 366 g/mol. The molecule has 2 aromatic rings. The maximum atomic E-state index is 5.50. The lowest BCUT2D eigenvalue weighted by Crippen LogP contribution is -2.31. The van der Waals surface area contributed by atoms with Gasteiger partial charge in [-0.3, -0.25) is 5.10 Å². The lowest BCUT2D eigenvalue weighted by Gasteiger charge is -2.37. The van der Waals surface area contributed by atoms with Crippen molar-refractivity contribution in [1.82, 2.24) is 15.1 Å². The minimum atomic E-state index is 0.0363. The Morgan fingerprint density at radius 2 is 1.93 bits per heavy atom. The molecule has 1 fully saturated rings. The molecular weight excluding hydrogens is 340 g/mol. The number of likely N-dealkylation sites (N-methyl/N-ethyl adjacent to an activating group) is 1. The molecule has 1 aromatic carbocycles. The zero-order valence-electron chi connectivity index (χ0n) is 16.3. The normalized spacial score (nSPS) is 18.6. The summed E-state index contributed by atoms with van der Waals surface area (Å²) < 4.78 is 11.0. The van der Waals surface area contributed by atoms with Gasteiger partial charge in [0.15, 0.2) is 17.3 Å². The van der Waals surface area contributed by atoms with Crippen LogP contribution in [0.3, 0.4) is 0 Å². The first-order valence-electron chi connectivity index (χ1n) is 9.20. The van der Waals surface area contributed by atoms with Crippen LogP contribution in [0.15, 0.2) is 36.2 Å². The Kier molecular flexibility index (Phi) is 4.34. The molecule has 1 aliphatic carbocycles. The summed E-state index contributed by atoms with van der Waals surface area (Å²) in [5, 5.41) is 11.0. The second-order valence-electron chi connectivity index (χ2n) is 7.33. The summed E-state index contributed by atoms with van der Waals surface area (Å²) in [5.74, 6) is 3.89. The van der Waals surface area contributed by atoms with Gasteiger partial charge in [-0.05, 0) is 49.1 Å². The highest BCUT2D eigenvalue weighted by molar-refractivity contribution is 5.68. The number of benzene rings is 1. The fraction of sp³-hybridized carbons (Fsp3) is 0.381. The molecule has 1 atom stereocenters. The molecule has 4 rings (SSSR count). The molecule has 2 heterocycles. The lowest BCUT2D eigenvalue weighted by atomic mass is 9.91. The number of hydrogen-bond donors (Lipinski definition) is 2. The largest absolute Gasteiger partial charge is 0.493 e. The minimum Gasteiger partial charge on any atom is -0.493 e. The van der Waals surface area contributed by atoms with Gasteiger partial charge >= 0.3 is 0 Å². The number of aromatic amines is 1. The van der Waals surface area contributed by atoms with Crippen LogP contribution in [0.2, 0.25) is 0 Å². The highest BCUT2D eigenvalue weighted by Gasteiger charge is 2.29. The first-order chi connectivity index (χ1) is 13.0. The van der Waals surface area contributed by atoms with Crippen LogP contribution in [0.1, 0.15) is 48.5 Å². The summed E-state index contributed by atoms with van der Waals surface area (Å²) in [6.45, 7) is 6.26. The van der Waals surface area contributed by atoms with Crippen LogP contribution in [0.4, 0.5) is 5.82 Å². The molecule has 0 bridgehead atoms. The predicted molar refractivity (Wildman–Crippen MR) is 107 cm³/mol. The number of nitrogens with zero attached hydrogens (tertiary/aromatic N) is 2. The monoisotopic (exact) mass is 366 g/mol. The van der Waals surface area contributed by atoms with E-state index < -0.39 is 0 Å². The predicted octanol–water partition coefficient (Wildman–Crippen LogP) is 4.28. The van der Waals surface area contributed by atoms with Gasteiger partial charge in [0.2, 0.25) is 0 Å². The summed E-state index contributed by atoms with van der Waals surface area (Å²) in [6, 6.07) is 6.19. The van der Waals surface area contributed by atoms with Gasteiger partial charge in [0.1, 0.15) is 5.82 Å². The lowest BCUT2D eigenvalue weighted by molar-refractivity contribution is 0.337. The molecule has 0 radical (unpaired) electrons. The highest BCUT2D eigenvalue weighted by Crippen LogP contribution is 2.43. The standard InChI is InChI=1S/C21H26N4O2/c1-12(2)21-15-10-18(27-5)17(26-4)8-14(15)9-20(25(21)3)22-19-11-16(23-24-19)13-6-7-13/h8-11,13,21H,1,6-7H2,2-5H3,(H2,22,23,24). The fourth-order valence-corrected chi connectivity index (χ4v) is 3.72. The molecule has 142 valence electrons. The van der Waals surface area contributed by atoms with Crippen molar-refractivity contribution in [3.05, 3.63) is 53.0 Å². The van der Waals surface area contributed by atoms with Gasteiger partial charge in [-0.2, -0.15) is 5.10 Å². The first kappa shape index (κ1) is 17.5. The molecular formula is C21H26N4O2. The van der Waals surface area contributed by atoms with E-state index in [1.54, 1.807) is 14.2 Å². The third-order valence-electron chi connectivity index (χ3n) is 5.28. The third-order valence-corrected chi connectivity index (χ3v) is 5.28. The number of ether oxygens (including phenoxy) is 2. The van der Waals surface area contributed by atoms with Gasteiger partial charge in [-0.25, -0.2) is 0 Å². The van der Waals surface area contributed by atoms with Gasteiger partial charge in [-0.1, -0.05) is 12.2 Å². The van der Waals surface area contributed by atoms with Crippen LogP contribution in [0, 0.1) is 0 Å². The van der Waals surface area contributed by atoms with Crippen LogP contribution in [0.5, 0.6) is 11.5 Å². The van der Waals surface area contributed by atoms with Crippen molar-refractivity contribution in [3.8, 4) is 11.5 Å². The zero-order chi connectivity index (χ0) is 19.1. The SMILES string of the molecule is C=C(C)C1c2cc(OC)c(OC)cc2C=C(Nc2cc(C3CC3)[nH]n2)N1C. The number of anilines is 1. The maximum absolute atomic E-state index is 5.50. The van der Waals surface area contributed by atoms with Crippen LogP contribution in [-0.4, -0.2) is 36.4 Å². The van der Waals surface area contributed by atoms with E-state index >= 15 is 0 Å². The highest BCUT2D eigenvalue weighted by atomic mass is 16.5. The molecule has 2 aliphatic rings. The molecule has 6 heteroatoms. The van der Waals surface area contributed by atoms with Crippen molar-refractivity contribution < 1.29 is 9.47 Å². The summed E-state index contributed by atoms with van der Waals surface area (Å²) in [6.07, 6.45) is 4.61. The molecule has 0 amide bonds. The Balaban J connectivity index is 1.73.